The minimum atomic E-state index is -0.524. The molecule has 0 amide bonds. The van der Waals surface area contributed by atoms with E-state index in [1.807, 2.05) is 0 Å². The van der Waals surface area contributed by atoms with Crippen molar-refractivity contribution >= 4 is 21.7 Å². The second-order valence-electron chi connectivity index (χ2n) is 3.35. The molecule has 1 aromatic rings. The van der Waals surface area contributed by atoms with Crippen molar-refractivity contribution in [3.05, 3.63) is 33.8 Å². The first-order valence-corrected chi connectivity index (χ1v) is 5.06. The van der Waals surface area contributed by atoms with Crippen LogP contribution in [0.4, 0.5) is 8.78 Å². The van der Waals surface area contributed by atoms with Gasteiger partial charge in [-0.05, 0) is 34.5 Å². The molecule has 0 saturated heterocycles. The first-order chi connectivity index (χ1) is 6.59. The maximum absolute atomic E-state index is 13.5. The van der Waals surface area contributed by atoms with Crippen molar-refractivity contribution in [3.8, 4) is 0 Å². The second kappa shape index (κ2) is 3.42. The normalized spacial score (nSPS) is 20.8. The molecule has 0 aliphatic heterocycles. The molecule has 0 aromatic heterocycles. The van der Waals surface area contributed by atoms with E-state index in [0.717, 1.165) is 12.1 Å². The topological polar surface area (TPSA) is 17.1 Å². The highest BCUT2D eigenvalue weighted by atomic mass is 79.9. The molecule has 0 heterocycles. The molecule has 1 aliphatic rings. The number of hydrogen-bond acceptors (Lipinski definition) is 1. The molecule has 2 rings (SSSR count). The Morgan fingerprint density at radius 3 is 2.57 bits per heavy atom. The van der Waals surface area contributed by atoms with Crippen molar-refractivity contribution < 1.29 is 13.6 Å². The Morgan fingerprint density at radius 2 is 2.07 bits per heavy atom. The molecule has 0 bridgehead atoms. The average Bonchev–Trinajstić information content (AvgIpc) is 2.11. The van der Waals surface area contributed by atoms with E-state index in [1.165, 1.54) is 0 Å². The van der Waals surface area contributed by atoms with Crippen molar-refractivity contribution in [3.63, 3.8) is 0 Å². The number of halogens is 3. The van der Waals surface area contributed by atoms with Crippen LogP contribution in [-0.2, 0) is 4.79 Å². The number of ketones is 1. The lowest BCUT2D eigenvalue weighted by Gasteiger charge is -2.24. The van der Waals surface area contributed by atoms with Crippen LogP contribution in [-0.4, -0.2) is 5.78 Å². The zero-order valence-corrected chi connectivity index (χ0v) is 8.77. The molecule has 1 unspecified atom stereocenters. The van der Waals surface area contributed by atoms with Crippen LogP contribution in [0.3, 0.4) is 0 Å². The Kier molecular flexibility index (Phi) is 2.39. The molecule has 1 nitrogen and oxygen atoms in total. The summed E-state index contributed by atoms with van der Waals surface area (Å²) < 4.78 is 26.5. The molecule has 1 aliphatic carbocycles. The van der Waals surface area contributed by atoms with Crippen LogP contribution in [0.15, 0.2) is 16.6 Å². The van der Waals surface area contributed by atoms with Crippen LogP contribution in [0.2, 0.25) is 0 Å². The summed E-state index contributed by atoms with van der Waals surface area (Å²) in [5.41, 5.74) is 0.174. The Labute approximate surface area is 88.2 Å². The van der Waals surface area contributed by atoms with Gasteiger partial charge in [0.05, 0.1) is 4.47 Å². The molecule has 0 N–H and O–H groups in total. The molecule has 14 heavy (non-hydrogen) atoms. The molecule has 4 heteroatoms. The third kappa shape index (κ3) is 1.47. The lowest BCUT2D eigenvalue weighted by molar-refractivity contribution is -0.125. The van der Waals surface area contributed by atoms with Gasteiger partial charge in [0.15, 0.2) is 0 Å². The quantitative estimate of drug-likeness (QED) is 0.709. The Balaban J connectivity index is 2.46. The SMILES string of the molecule is O=C1CCC1c1cc(F)cc(Br)c1F. The molecule has 1 saturated carbocycles. The van der Waals surface area contributed by atoms with E-state index in [0.29, 0.717) is 12.8 Å². The fourth-order valence-corrected chi connectivity index (χ4v) is 2.01. The Hall–Kier alpha value is -0.770. The summed E-state index contributed by atoms with van der Waals surface area (Å²) in [5, 5.41) is 0. The molecule has 1 atom stereocenters. The summed E-state index contributed by atoms with van der Waals surface area (Å²) in [6, 6.07) is 2.16. The van der Waals surface area contributed by atoms with E-state index >= 15 is 0 Å². The van der Waals surface area contributed by atoms with Gasteiger partial charge in [-0.25, -0.2) is 8.78 Å². The number of Topliss-reactive ketones (excluding diaryl/α,β-unsaturated/α-hetero) is 1. The highest BCUT2D eigenvalue weighted by Gasteiger charge is 2.32. The summed E-state index contributed by atoms with van der Waals surface area (Å²) >= 11 is 2.91. The van der Waals surface area contributed by atoms with Gasteiger partial charge in [-0.1, -0.05) is 0 Å². The maximum Gasteiger partial charge on any atom is 0.141 e. The van der Waals surface area contributed by atoms with Gasteiger partial charge in [-0.2, -0.15) is 0 Å². The summed E-state index contributed by atoms with van der Waals surface area (Å²) in [7, 11) is 0. The molecule has 0 spiro atoms. The standard InChI is InChI=1S/C10H7BrF2O/c11-8-4-5(12)3-7(10(8)13)6-1-2-9(6)14/h3-4,6H,1-2H2. The van der Waals surface area contributed by atoms with Crippen LogP contribution in [0.1, 0.15) is 24.3 Å². The largest absolute Gasteiger partial charge is 0.299 e. The van der Waals surface area contributed by atoms with E-state index in [1.54, 1.807) is 0 Å². The van der Waals surface area contributed by atoms with E-state index in [2.05, 4.69) is 15.9 Å². The zero-order valence-electron chi connectivity index (χ0n) is 7.19. The highest BCUT2D eigenvalue weighted by Crippen LogP contribution is 2.36. The number of rotatable bonds is 1. The number of carbonyl (C=O) groups is 1. The van der Waals surface area contributed by atoms with Crippen LogP contribution in [0.25, 0.3) is 0 Å². The molecule has 1 fully saturated rings. The van der Waals surface area contributed by atoms with Gasteiger partial charge < -0.3 is 0 Å². The monoisotopic (exact) mass is 260 g/mol. The summed E-state index contributed by atoms with van der Waals surface area (Å²) in [6.07, 6.45) is 1.09. The highest BCUT2D eigenvalue weighted by molar-refractivity contribution is 9.10. The van der Waals surface area contributed by atoms with Crippen LogP contribution < -0.4 is 0 Å². The smallest absolute Gasteiger partial charge is 0.141 e. The minimum Gasteiger partial charge on any atom is -0.299 e. The molecular weight excluding hydrogens is 254 g/mol. The Bertz CT molecular complexity index is 403. The number of benzene rings is 1. The fourth-order valence-electron chi connectivity index (χ4n) is 1.56. The molecule has 74 valence electrons. The molecule has 0 radical (unpaired) electrons. The first kappa shape index (κ1) is 9.77. The summed E-state index contributed by atoms with van der Waals surface area (Å²) in [5.74, 6) is -1.50. The third-order valence-electron chi connectivity index (χ3n) is 2.46. The lowest BCUT2D eigenvalue weighted by Crippen LogP contribution is -2.24. The van der Waals surface area contributed by atoms with Gasteiger partial charge in [0.2, 0.25) is 0 Å². The minimum absolute atomic E-state index is 0.0126. The van der Waals surface area contributed by atoms with Gasteiger partial charge in [-0.3, -0.25) is 4.79 Å². The fraction of sp³-hybridized carbons (Fsp3) is 0.300. The lowest BCUT2D eigenvalue weighted by atomic mass is 9.78. The van der Waals surface area contributed by atoms with Crippen LogP contribution in [0, 0.1) is 11.6 Å². The Morgan fingerprint density at radius 1 is 1.36 bits per heavy atom. The van der Waals surface area contributed by atoms with Crippen molar-refractivity contribution in [2.75, 3.05) is 0 Å². The van der Waals surface area contributed by atoms with Crippen molar-refractivity contribution in [2.24, 2.45) is 0 Å². The molecular formula is C10H7BrF2O. The van der Waals surface area contributed by atoms with Crippen LogP contribution >= 0.6 is 15.9 Å². The first-order valence-electron chi connectivity index (χ1n) is 4.26. The van der Waals surface area contributed by atoms with Crippen LogP contribution in [0.5, 0.6) is 0 Å². The number of carbonyl (C=O) groups excluding carboxylic acids is 1. The average molecular weight is 261 g/mol. The van der Waals surface area contributed by atoms with E-state index in [4.69, 9.17) is 0 Å². The van der Waals surface area contributed by atoms with E-state index in [9.17, 15) is 13.6 Å². The van der Waals surface area contributed by atoms with Gasteiger partial charge in [0.25, 0.3) is 0 Å². The zero-order chi connectivity index (χ0) is 10.3. The van der Waals surface area contributed by atoms with Gasteiger partial charge in [0, 0.05) is 17.9 Å². The maximum atomic E-state index is 13.5. The molecule has 1 aromatic carbocycles. The van der Waals surface area contributed by atoms with Crippen molar-refractivity contribution in [1.29, 1.82) is 0 Å². The van der Waals surface area contributed by atoms with E-state index in [-0.39, 0.29) is 15.8 Å². The summed E-state index contributed by atoms with van der Waals surface area (Å²) in [6.45, 7) is 0. The van der Waals surface area contributed by atoms with Crippen molar-refractivity contribution in [2.45, 2.75) is 18.8 Å². The second-order valence-corrected chi connectivity index (χ2v) is 4.20. The van der Waals surface area contributed by atoms with Gasteiger partial charge in [-0.15, -0.1) is 0 Å². The summed E-state index contributed by atoms with van der Waals surface area (Å²) in [4.78, 5) is 11.1. The number of hydrogen-bond donors (Lipinski definition) is 0. The predicted molar refractivity (Wildman–Crippen MR) is 51.0 cm³/mol. The van der Waals surface area contributed by atoms with E-state index < -0.39 is 17.6 Å². The van der Waals surface area contributed by atoms with Crippen molar-refractivity contribution in [1.82, 2.24) is 0 Å². The van der Waals surface area contributed by atoms with Gasteiger partial charge >= 0.3 is 0 Å². The van der Waals surface area contributed by atoms with Gasteiger partial charge in [0.1, 0.15) is 17.4 Å². The third-order valence-corrected chi connectivity index (χ3v) is 3.04. The predicted octanol–water partition coefficient (Wildman–Crippen LogP) is 3.17.